The molecule has 6 heteroatoms. The largest absolute Gasteiger partial charge is 0.467 e. The first-order valence-electron chi connectivity index (χ1n) is 8.36. The zero-order valence-electron chi connectivity index (χ0n) is 14.1. The summed E-state index contributed by atoms with van der Waals surface area (Å²) >= 11 is 0. The lowest BCUT2D eigenvalue weighted by Crippen LogP contribution is -2.60. The Bertz CT molecular complexity index is 775. The summed E-state index contributed by atoms with van der Waals surface area (Å²) in [6, 6.07) is 7.45. The molecule has 2 aliphatic rings. The molecule has 24 heavy (non-hydrogen) atoms. The highest BCUT2D eigenvalue weighted by atomic mass is 16.5. The summed E-state index contributed by atoms with van der Waals surface area (Å²) in [4.78, 5) is 19.1. The second-order valence-corrected chi connectivity index (χ2v) is 6.68. The lowest BCUT2D eigenvalue weighted by Gasteiger charge is -2.44. The number of hydrogen-bond donors (Lipinski definition) is 1. The number of para-hydroxylation sites is 1. The second kappa shape index (κ2) is 5.63. The molecule has 1 fully saturated rings. The predicted octanol–water partition coefficient (Wildman–Crippen LogP) is 1.84. The number of likely N-dealkylation sites (tertiary alicyclic amines) is 1. The highest BCUT2D eigenvalue weighted by Gasteiger charge is 2.42. The van der Waals surface area contributed by atoms with Crippen molar-refractivity contribution in [3.05, 3.63) is 47.5 Å². The first-order valence-corrected chi connectivity index (χ1v) is 8.36. The van der Waals surface area contributed by atoms with Gasteiger partial charge in [-0.25, -0.2) is 4.98 Å². The van der Waals surface area contributed by atoms with E-state index in [2.05, 4.69) is 19.8 Å². The fraction of sp³-hybridized carbons (Fsp3) is 0.444. The molecule has 0 unspecified atom stereocenters. The molecule has 2 aliphatic heterocycles. The van der Waals surface area contributed by atoms with Crippen molar-refractivity contribution in [3.8, 4) is 5.75 Å². The third-order valence-electron chi connectivity index (χ3n) is 5.14. The summed E-state index contributed by atoms with van der Waals surface area (Å²) in [5.74, 6) is 1.68. The van der Waals surface area contributed by atoms with Crippen molar-refractivity contribution in [1.29, 1.82) is 0 Å². The van der Waals surface area contributed by atoms with Crippen LogP contribution in [0.2, 0.25) is 0 Å². The van der Waals surface area contributed by atoms with Crippen molar-refractivity contribution in [2.24, 2.45) is 7.05 Å². The summed E-state index contributed by atoms with van der Waals surface area (Å²) in [5, 5.41) is 3.08. The Morgan fingerprint density at radius 1 is 1.29 bits per heavy atom. The van der Waals surface area contributed by atoms with E-state index in [9.17, 15) is 4.79 Å². The van der Waals surface area contributed by atoms with E-state index in [-0.39, 0.29) is 5.91 Å². The van der Waals surface area contributed by atoms with E-state index in [4.69, 9.17) is 4.74 Å². The Kier molecular flexibility index (Phi) is 3.57. The third-order valence-corrected chi connectivity index (χ3v) is 5.14. The number of hydrogen-bond acceptors (Lipinski definition) is 4. The molecule has 4 rings (SSSR count). The van der Waals surface area contributed by atoms with Crippen LogP contribution in [0.15, 0.2) is 30.5 Å². The van der Waals surface area contributed by atoms with Crippen LogP contribution in [0.25, 0.3) is 0 Å². The topological polar surface area (TPSA) is 59.4 Å². The van der Waals surface area contributed by atoms with Gasteiger partial charge in [0.1, 0.15) is 11.6 Å². The van der Waals surface area contributed by atoms with E-state index in [0.717, 1.165) is 38.3 Å². The number of amides is 1. The number of nitrogens with zero attached hydrogens (tertiary/aromatic N) is 3. The van der Waals surface area contributed by atoms with Crippen LogP contribution in [-0.2, 0) is 13.6 Å². The number of piperidine rings is 1. The molecule has 1 aromatic heterocycles. The van der Waals surface area contributed by atoms with E-state index in [1.54, 1.807) is 6.07 Å². The highest BCUT2D eigenvalue weighted by Crippen LogP contribution is 2.33. The van der Waals surface area contributed by atoms with Crippen molar-refractivity contribution >= 4 is 5.91 Å². The van der Waals surface area contributed by atoms with E-state index in [0.29, 0.717) is 11.3 Å². The van der Waals surface area contributed by atoms with Crippen molar-refractivity contribution < 1.29 is 9.53 Å². The molecule has 2 aromatic rings. The molecule has 0 aliphatic carbocycles. The SMILES string of the molecule is Cc1ncc(CN2CCC3(CC2)NC(=O)c2ccccc2O3)n1C. The van der Waals surface area contributed by atoms with Gasteiger partial charge in [0.25, 0.3) is 5.91 Å². The fourth-order valence-electron chi connectivity index (χ4n) is 3.48. The maximum Gasteiger partial charge on any atom is 0.258 e. The number of aromatic nitrogens is 2. The Hall–Kier alpha value is -2.34. The summed E-state index contributed by atoms with van der Waals surface area (Å²) in [6.07, 6.45) is 3.50. The normalized spacial score (nSPS) is 19.7. The molecular weight excluding hydrogens is 304 g/mol. The van der Waals surface area contributed by atoms with Crippen molar-refractivity contribution in [2.75, 3.05) is 13.1 Å². The van der Waals surface area contributed by atoms with Crippen LogP contribution in [0.1, 0.15) is 34.7 Å². The number of fused-ring (bicyclic) bond motifs is 1. The van der Waals surface area contributed by atoms with Crippen LogP contribution in [0.5, 0.6) is 5.75 Å². The van der Waals surface area contributed by atoms with E-state index in [1.165, 1.54) is 5.69 Å². The Labute approximate surface area is 141 Å². The molecule has 1 amide bonds. The monoisotopic (exact) mass is 326 g/mol. The van der Waals surface area contributed by atoms with Gasteiger partial charge < -0.3 is 14.6 Å². The number of benzene rings is 1. The smallest absolute Gasteiger partial charge is 0.258 e. The second-order valence-electron chi connectivity index (χ2n) is 6.68. The Morgan fingerprint density at radius 2 is 2.04 bits per heavy atom. The van der Waals surface area contributed by atoms with Crippen molar-refractivity contribution in [2.45, 2.75) is 32.0 Å². The maximum absolute atomic E-state index is 12.4. The van der Waals surface area contributed by atoms with Gasteiger partial charge in [-0.1, -0.05) is 12.1 Å². The van der Waals surface area contributed by atoms with Gasteiger partial charge in [-0.3, -0.25) is 9.69 Å². The zero-order chi connectivity index (χ0) is 16.7. The standard InChI is InChI=1S/C18H22N4O2/c1-13-19-11-14(21(13)2)12-22-9-7-18(8-10-22)20-17(23)15-5-3-4-6-16(15)24-18/h3-6,11H,7-10,12H2,1-2H3,(H,20,23). The maximum atomic E-state index is 12.4. The van der Waals surface area contributed by atoms with Gasteiger partial charge in [0.05, 0.1) is 11.3 Å². The molecule has 0 radical (unpaired) electrons. The average molecular weight is 326 g/mol. The molecular formula is C18H22N4O2. The number of rotatable bonds is 2. The van der Waals surface area contributed by atoms with Gasteiger partial charge in [0.2, 0.25) is 0 Å². The lowest BCUT2D eigenvalue weighted by molar-refractivity contribution is -0.0307. The van der Waals surface area contributed by atoms with Gasteiger partial charge in [0.15, 0.2) is 5.72 Å². The first-order chi connectivity index (χ1) is 11.6. The van der Waals surface area contributed by atoms with Crippen LogP contribution < -0.4 is 10.1 Å². The number of imidazole rings is 1. The zero-order valence-corrected chi connectivity index (χ0v) is 14.1. The van der Waals surface area contributed by atoms with Gasteiger partial charge in [0, 0.05) is 45.7 Å². The molecule has 0 atom stereocenters. The summed E-state index contributed by atoms with van der Waals surface area (Å²) in [7, 11) is 2.05. The molecule has 6 nitrogen and oxygen atoms in total. The number of carbonyl (C=O) groups excluding carboxylic acids is 1. The molecule has 1 spiro atoms. The Balaban J connectivity index is 1.45. The summed E-state index contributed by atoms with van der Waals surface area (Å²) in [5.41, 5.74) is 1.27. The van der Waals surface area contributed by atoms with Crippen molar-refractivity contribution in [1.82, 2.24) is 19.8 Å². The molecule has 1 N–H and O–H groups in total. The van der Waals surface area contributed by atoms with E-state index < -0.39 is 5.72 Å². The minimum atomic E-state index is -0.565. The Morgan fingerprint density at radius 3 is 2.75 bits per heavy atom. The minimum absolute atomic E-state index is 0.0347. The quantitative estimate of drug-likeness (QED) is 0.915. The van der Waals surface area contributed by atoms with Gasteiger partial charge in [-0.15, -0.1) is 0 Å². The molecule has 1 saturated heterocycles. The molecule has 126 valence electrons. The average Bonchev–Trinajstić information content (AvgIpc) is 2.89. The van der Waals surface area contributed by atoms with Crippen LogP contribution in [-0.4, -0.2) is 39.2 Å². The highest BCUT2D eigenvalue weighted by molar-refractivity contribution is 5.98. The van der Waals surface area contributed by atoms with Crippen LogP contribution in [0.3, 0.4) is 0 Å². The number of carbonyl (C=O) groups is 1. The molecule has 0 bridgehead atoms. The van der Waals surface area contributed by atoms with E-state index in [1.807, 2.05) is 38.4 Å². The van der Waals surface area contributed by atoms with Gasteiger partial charge in [-0.05, 0) is 19.1 Å². The number of nitrogens with one attached hydrogen (secondary N) is 1. The predicted molar refractivity (Wildman–Crippen MR) is 89.7 cm³/mol. The van der Waals surface area contributed by atoms with Gasteiger partial charge in [-0.2, -0.15) is 0 Å². The summed E-state index contributed by atoms with van der Waals surface area (Å²) < 4.78 is 8.31. The van der Waals surface area contributed by atoms with Crippen LogP contribution in [0, 0.1) is 6.92 Å². The third kappa shape index (κ3) is 2.57. The summed E-state index contributed by atoms with van der Waals surface area (Å²) in [6.45, 7) is 4.65. The molecule has 1 aromatic carbocycles. The number of ether oxygens (including phenoxy) is 1. The van der Waals surface area contributed by atoms with Gasteiger partial charge >= 0.3 is 0 Å². The first kappa shape index (κ1) is 15.2. The lowest BCUT2D eigenvalue weighted by atomic mass is 9.97. The van der Waals surface area contributed by atoms with Crippen LogP contribution >= 0.6 is 0 Å². The number of aryl methyl sites for hydroxylation is 1. The molecule has 0 saturated carbocycles. The van der Waals surface area contributed by atoms with Crippen molar-refractivity contribution in [3.63, 3.8) is 0 Å². The minimum Gasteiger partial charge on any atom is -0.467 e. The molecule has 3 heterocycles. The van der Waals surface area contributed by atoms with E-state index >= 15 is 0 Å². The van der Waals surface area contributed by atoms with Crippen LogP contribution in [0.4, 0.5) is 0 Å². The fourth-order valence-corrected chi connectivity index (χ4v) is 3.48.